The molecule has 0 saturated carbocycles. The zero-order valence-electron chi connectivity index (χ0n) is 23.0. The second-order valence-corrected chi connectivity index (χ2v) is 10.9. The van der Waals surface area contributed by atoms with Crippen LogP contribution in [0.5, 0.6) is 23.0 Å². The smallest absolute Gasteiger partial charge is 0.504 e. The van der Waals surface area contributed by atoms with Gasteiger partial charge in [-0.3, -0.25) is 14.6 Å². The van der Waals surface area contributed by atoms with E-state index in [0.29, 0.717) is 24.0 Å². The Balaban J connectivity index is 1.73. The summed E-state index contributed by atoms with van der Waals surface area (Å²) in [5, 5.41) is 12.8. The number of phenolic OH excluding ortho intramolecular Hbond substituents is 1. The number of ether oxygens (including phenoxy) is 2. The molecule has 2 aromatic carbocycles. The summed E-state index contributed by atoms with van der Waals surface area (Å²) in [4.78, 5) is 28.5. The van der Waals surface area contributed by atoms with Crippen LogP contribution in [0.2, 0.25) is 0 Å². The summed E-state index contributed by atoms with van der Waals surface area (Å²) < 4.78 is 63.1. The minimum absolute atomic E-state index is 0.0877. The molecule has 222 valence electrons. The van der Waals surface area contributed by atoms with Gasteiger partial charge in [-0.05, 0) is 78.1 Å². The Morgan fingerprint density at radius 2 is 1.81 bits per heavy atom. The van der Waals surface area contributed by atoms with Gasteiger partial charge >= 0.3 is 6.36 Å². The zero-order chi connectivity index (χ0) is 30.8. The van der Waals surface area contributed by atoms with E-state index in [1.807, 2.05) is 6.08 Å². The molecule has 1 aliphatic rings. The van der Waals surface area contributed by atoms with Gasteiger partial charge in [0.05, 0.1) is 0 Å². The summed E-state index contributed by atoms with van der Waals surface area (Å²) in [5.74, 6) is -4.41. The molecular formula is C30H29F4N3O5. The number of hydrogen-bond acceptors (Lipinski definition) is 6. The van der Waals surface area contributed by atoms with Crippen molar-refractivity contribution >= 4 is 23.1 Å². The topological polar surface area (TPSA) is 124 Å². The van der Waals surface area contributed by atoms with Crippen LogP contribution in [0.25, 0.3) is 5.57 Å². The number of aromatic nitrogens is 1. The van der Waals surface area contributed by atoms with Gasteiger partial charge in [0, 0.05) is 18.0 Å². The van der Waals surface area contributed by atoms with Gasteiger partial charge < -0.3 is 25.6 Å². The number of carbonyl (C=O) groups is 2. The fourth-order valence-corrected chi connectivity index (χ4v) is 4.69. The predicted octanol–water partition coefficient (Wildman–Crippen LogP) is 7.20. The first kappa shape index (κ1) is 30.4. The van der Waals surface area contributed by atoms with E-state index >= 15 is 4.39 Å². The van der Waals surface area contributed by atoms with Crippen molar-refractivity contribution in [2.75, 3.05) is 5.32 Å². The Hall–Kier alpha value is -4.61. The fourth-order valence-electron chi connectivity index (χ4n) is 4.69. The van der Waals surface area contributed by atoms with Crippen LogP contribution in [0.3, 0.4) is 0 Å². The molecule has 0 spiro atoms. The van der Waals surface area contributed by atoms with E-state index in [2.05, 4.69) is 35.8 Å². The van der Waals surface area contributed by atoms with Gasteiger partial charge in [-0.15, -0.1) is 13.2 Å². The summed E-state index contributed by atoms with van der Waals surface area (Å²) in [7, 11) is 0. The molecule has 0 radical (unpaired) electrons. The molecule has 4 N–H and O–H groups in total. The molecule has 0 bridgehead atoms. The Morgan fingerprint density at radius 1 is 1.07 bits per heavy atom. The maximum absolute atomic E-state index is 15.7. The number of aromatic hydroxyl groups is 1. The second-order valence-electron chi connectivity index (χ2n) is 10.9. The summed E-state index contributed by atoms with van der Waals surface area (Å²) >= 11 is 0. The molecule has 4 rings (SSSR count). The number of anilines is 1. The molecule has 1 heterocycles. The third kappa shape index (κ3) is 7.36. The Labute approximate surface area is 239 Å². The summed E-state index contributed by atoms with van der Waals surface area (Å²) in [6.45, 7) is 6.46. The summed E-state index contributed by atoms with van der Waals surface area (Å²) in [5.41, 5.74) is 6.03. The summed E-state index contributed by atoms with van der Waals surface area (Å²) in [6.07, 6.45) is 0.536. The number of nitrogens with two attached hydrogens (primary N) is 1. The first-order valence-electron chi connectivity index (χ1n) is 13.0. The highest BCUT2D eigenvalue weighted by atomic mass is 19.4. The number of rotatable bonds is 7. The fraction of sp³-hybridized carbons (Fsp3) is 0.300. The van der Waals surface area contributed by atoms with Crippen molar-refractivity contribution in [1.29, 1.82) is 0 Å². The van der Waals surface area contributed by atoms with Gasteiger partial charge in [-0.2, -0.15) is 0 Å². The molecule has 1 unspecified atom stereocenters. The number of alkyl halides is 3. The van der Waals surface area contributed by atoms with E-state index in [1.165, 1.54) is 30.5 Å². The van der Waals surface area contributed by atoms with Gasteiger partial charge in [0.15, 0.2) is 11.5 Å². The van der Waals surface area contributed by atoms with Crippen molar-refractivity contribution in [2.45, 2.75) is 46.4 Å². The van der Waals surface area contributed by atoms with Crippen LogP contribution in [-0.2, 0) is 0 Å². The quantitative estimate of drug-likeness (QED) is 0.251. The monoisotopic (exact) mass is 587 g/mol. The molecular weight excluding hydrogens is 558 g/mol. The Morgan fingerprint density at radius 3 is 2.40 bits per heavy atom. The minimum atomic E-state index is -4.99. The number of carbonyl (C=O) groups excluding carboxylic acids is 2. The van der Waals surface area contributed by atoms with Crippen LogP contribution in [0.1, 0.15) is 66.4 Å². The van der Waals surface area contributed by atoms with E-state index in [0.717, 1.165) is 30.5 Å². The van der Waals surface area contributed by atoms with Gasteiger partial charge in [0.1, 0.15) is 28.6 Å². The molecule has 2 amide bonds. The van der Waals surface area contributed by atoms with Crippen molar-refractivity contribution in [3.05, 3.63) is 77.4 Å². The first-order chi connectivity index (χ1) is 19.6. The summed E-state index contributed by atoms with van der Waals surface area (Å²) in [6, 6.07) is 7.79. The standard InChI is InChI=1S/C30H29F4N3O5/c1-29(2,3)18-6-4-16(5-7-18)17-12-21(31)26(28(40)37-19-10-11-36-22(14-19)27(35)39)25(13-17)41-24-9-8-20(15-23(24)38)42-30(32,33)34/h4,8-15,18,38H,5-7H2,1-3H3,(H2,35,39)(H,36,37,40). The maximum atomic E-state index is 15.7. The number of benzene rings is 2. The Bertz CT molecular complexity index is 1550. The number of allylic oxidation sites excluding steroid dienone is 2. The largest absolute Gasteiger partial charge is 0.573 e. The van der Waals surface area contributed by atoms with Crippen LogP contribution in [0.4, 0.5) is 23.2 Å². The number of halogens is 4. The van der Waals surface area contributed by atoms with Crippen LogP contribution < -0.4 is 20.5 Å². The van der Waals surface area contributed by atoms with Crippen molar-refractivity contribution in [2.24, 2.45) is 17.1 Å². The van der Waals surface area contributed by atoms with Gasteiger partial charge in [0.2, 0.25) is 0 Å². The highest BCUT2D eigenvalue weighted by molar-refractivity contribution is 6.07. The van der Waals surface area contributed by atoms with E-state index in [9.17, 15) is 27.9 Å². The predicted molar refractivity (Wildman–Crippen MR) is 147 cm³/mol. The van der Waals surface area contributed by atoms with Crippen LogP contribution in [0.15, 0.2) is 54.7 Å². The van der Waals surface area contributed by atoms with E-state index in [1.54, 1.807) is 0 Å². The molecule has 12 heteroatoms. The van der Waals surface area contributed by atoms with Gasteiger partial charge in [-0.1, -0.05) is 26.8 Å². The van der Waals surface area contributed by atoms with E-state index in [-0.39, 0.29) is 28.3 Å². The van der Waals surface area contributed by atoms with Crippen molar-refractivity contribution in [3.63, 3.8) is 0 Å². The molecule has 0 fully saturated rings. The molecule has 1 aromatic heterocycles. The number of hydrogen-bond donors (Lipinski definition) is 3. The molecule has 0 aliphatic heterocycles. The third-order valence-corrected chi connectivity index (χ3v) is 6.94. The maximum Gasteiger partial charge on any atom is 0.573 e. The van der Waals surface area contributed by atoms with E-state index in [4.69, 9.17) is 10.5 Å². The second kappa shape index (κ2) is 11.7. The highest BCUT2D eigenvalue weighted by Gasteiger charge is 2.32. The lowest BCUT2D eigenvalue weighted by atomic mass is 9.72. The molecule has 0 saturated heterocycles. The molecule has 1 aliphatic carbocycles. The van der Waals surface area contributed by atoms with Crippen molar-refractivity contribution < 1.29 is 41.7 Å². The normalized spacial score (nSPS) is 15.5. The highest BCUT2D eigenvalue weighted by Crippen LogP contribution is 2.42. The van der Waals surface area contributed by atoms with Gasteiger partial charge in [-0.25, -0.2) is 4.39 Å². The number of phenols is 1. The molecule has 1 atom stereocenters. The molecule has 8 nitrogen and oxygen atoms in total. The Kier molecular flexibility index (Phi) is 8.46. The molecule has 42 heavy (non-hydrogen) atoms. The van der Waals surface area contributed by atoms with E-state index < -0.39 is 41.1 Å². The zero-order valence-corrected chi connectivity index (χ0v) is 23.0. The first-order valence-corrected chi connectivity index (χ1v) is 13.0. The number of nitrogens with one attached hydrogen (secondary N) is 1. The third-order valence-electron chi connectivity index (χ3n) is 6.94. The number of nitrogens with zero attached hydrogens (tertiary/aromatic N) is 1. The average Bonchev–Trinajstić information content (AvgIpc) is 2.88. The SMILES string of the molecule is CC(C)(C)C1CC=C(c2cc(F)c(C(=O)Nc3ccnc(C(N)=O)c3)c(Oc3ccc(OC(F)(F)F)cc3O)c2)CC1. The number of pyridine rings is 1. The molecule has 3 aromatic rings. The minimum Gasteiger partial charge on any atom is -0.504 e. The lowest BCUT2D eigenvalue weighted by Gasteiger charge is -2.33. The number of amides is 2. The van der Waals surface area contributed by atoms with Gasteiger partial charge in [0.25, 0.3) is 11.8 Å². The van der Waals surface area contributed by atoms with Crippen molar-refractivity contribution in [1.82, 2.24) is 4.98 Å². The van der Waals surface area contributed by atoms with Crippen LogP contribution >= 0.6 is 0 Å². The lowest BCUT2D eigenvalue weighted by Crippen LogP contribution is -2.22. The van der Waals surface area contributed by atoms with Crippen molar-refractivity contribution in [3.8, 4) is 23.0 Å². The van der Waals surface area contributed by atoms with Crippen LogP contribution in [-0.4, -0.2) is 28.3 Å². The van der Waals surface area contributed by atoms with Crippen LogP contribution in [0, 0.1) is 17.2 Å². The number of primary amides is 1. The average molecular weight is 588 g/mol. The lowest BCUT2D eigenvalue weighted by molar-refractivity contribution is -0.274.